The second kappa shape index (κ2) is 51.2. The van der Waals surface area contributed by atoms with Gasteiger partial charge in [0, 0.05) is 79.6 Å². The normalized spacial score (nSPS) is 12.5. The highest BCUT2D eigenvalue weighted by molar-refractivity contribution is 5.56. The standard InChI is InChI=1S/C31H43F3O4.C27H38O4.C25H32O4.6CH4/c1-5-30(4,31(32,33)34)27-13-15-28(16-14-27)37-17-18-38-29-25(21-35-6-2)19-24(20-26(29)22-36-7-3)23-11-9-8-10-12-23;1-7-21-17-22(19-28-9-3)26(23(18-21)20-29-10-4)31-16-15-30-25-13-11-24(12-14-25)27(5,6)8-2;1-7-19-15-20(17-26-5)24(21(16-19)18-27-6)29-14-13-28-23-11-9-22(10-12-23)25(3,4)8-2;;;;;;/h13-16,19-20,23H,5-12,17-18,21-22H2,1-4H3;7,11-14,17-18H,1,8-10,15-16,19-20H2,2-6H3;1,9-12,15-16H,8,13-14,17-18H2,2-6H3;6*1H4. The van der Waals surface area contributed by atoms with Crippen molar-refractivity contribution in [1.29, 1.82) is 0 Å². The first-order valence-corrected chi connectivity index (χ1v) is 35.1. The van der Waals surface area contributed by atoms with E-state index in [1.807, 2.05) is 70.2 Å². The largest absolute Gasteiger partial charge is 0.490 e. The van der Waals surface area contributed by atoms with Gasteiger partial charge in [0.15, 0.2) is 0 Å². The zero-order valence-corrected chi connectivity index (χ0v) is 61.3. The molecule has 6 aromatic carbocycles. The van der Waals surface area contributed by atoms with Crippen LogP contribution in [0.3, 0.4) is 0 Å². The highest BCUT2D eigenvalue weighted by Gasteiger charge is 2.50. The third-order valence-electron chi connectivity index (χ3n) is 18.4. The van der Waals surface area contributed by atoms with E-state index in [1.54, 1.807) is 33.3 Å². The van der Waals surface area contributed by atoms with E-state index in [4.69, 9.17) is 63.3 Å². The molecule has 0 aliphatic heterocycles. The predicted molar refractivity (Wildman–Crippen MR) is 429 cm³/mol. The molecule has 0 heterocycles. The van der Waals surface area contributed by atoms with Crippen LogP contribution in [0.5, 0.6) is 34.5 Å². The van der Waals surface area contributed by atoms with E-state index in [1.165, 1.54) is 67.9 Å². The SMILES string of the molecule is C.C.C.C.C.C.C#Cc1cc(COC)c(OCCOc2ccc(C(C)(C)CC)cc2)c(COC)c1.C=Cc1cc(COCC)c(OCCOc2ccc(C(C)(C)CC)cc2)c(COCC)c1.CCOCc1cc(C2CCCCC2)cc(COCC)c1OCCOc1ccc(C(C)(CC)C(F)(F)F)cc1. The van der Waals surface area contributed by atoms with Crippen LogP contribution < -0.4 is 28.4 Å². The highest BCUT2D eigenvalue weighted by atomic mass is 19.4. The number of ether oxygens (including phenoxy) is 12. The molecule has 0 aromatic heterocycles. The lowest BCUT2D eigenvalue weighted by molar-refractivity contribution is -0.186. The topological polar surface area (TPSA) is 111 Å². The van der Waals surface area contributed by atoms with Crippen molar-refractivity contribution in [2.75, 3.05) is 80.3 Å². The lowest BCUT2D eigenvalue weighted by Crippen LogP contribution is -2.38. The van der Waals surface area contributed by atoms with Gasteiger partial charge in [0.2, 0.25) is 0 Å². The van der Waals surface area contributed by atoms with Gasteiger partial charge in [-0.1, -0.05) is 167 Å². The number of hydrogen-bond donors (Lipinski definition) is 0. The summed E-state index contributed by atoms with van der Waals surface area (Å²) in [6.07, 6.45) is 11.5. The van der Waals surface area contributed by atoms with Gasteiger partial charge in [-0.2, -0.15) is 13.2 Å². The summed E-state index contributed by atoms with van der Waals surface area (Å²) in [5.41, 5.74) is 10.3. The molecule has 1 atom stereocenters. The molecule has 1 aliphatic carbocycles. The summed E-state index contributed by atoms with van der Waals surface area (Å²) in [6, 6.07) is 35.2. The van der Waals surface area contributed by atoms with Crippen LogP contribution in [-0.2, 0) is 84.3 Å². The molecule has 0 saturated heterocycles. The van der Waals surface area contributed by atoms with Crippen molar-refractivity contribution >= 4 is 6.08 Å². The molecule has 0 radical (unpaired) electrons. The van der Waals surface area contributed by atoms with Gasteiger partial charge in [0.25, 0.3) is 0 Å². The Labute approximate surface area is 629 Å². The summed E-state index contributed by atoms with van der Waals surface area (Å²) in [5.74, 6) is 7.75. The first-order valence-electron chi connectivity index (χ1n) is 35.1. The van der Waals surface area contributed by atoms with E-state index in [9.17, 15) is 13.2 Å². The molecule has 1 unspecified atom stereocenters. The molecule has 12 nitrogen and oxygen atoms in total. The van der Waals surface area contributed by atoms with Gasteiger partial charge in [-0.3, -0.25) is 0 Å². The van der Waals surface area contributed by atoms with Crippen LogP contribution in [0.2, 0.25) is 0 Å². The van der Waals surface area contributed by atoms with Gasteiger partial charge in [-0.25, -0.2) is 0 Å². The van der Waals surface area contributed by atoms with Crippen LogP contribution in [0.1, 0.15) is 252 Å². The molecule has 1 aliphatic rings. The maximum atomic E-state index is 13.6. The molecule has 586 valence electrons. The lowest BCUT2D eigenvalue weighted by Gasteiger charge is -2.31. The molecule has 6 aromatic rings. The summed E-state index contributed by atoms with van der Waals surface area (Å²) < 4.78 is 110. The fourth-order valence-corrected chi connectivity index (χ4v) is 11.4. The molecule has 1 fully saturated rings. The van der Waals surface area contributed by atoms with Gasteiger partial charge in [-0.15, -0.1) is 6.42 Å². The van der Waals surface area contributed by atoms with Gasteiger partial charge < -0.3 is 56.8 Å². The van der Waals surface area contributed by atoms with Crippen LogP contribution in [0.4, 0.5) is 13.2 Å². The van der Waals surface area contributed by atoms with E-state index < -0.39 is 11.6 Å². The number of halogens is 3. The summed E-state index contributed by atoms with van der Waals surface area (Å²) in [6.45, 7) is 35.6. The third kappa shape index (κ3) is 30.4. The first kappa shape index (κ1) is 99.0. The fraction of sp³-hybridized carbons (Fsp3) is 0.551. The minimum atomic E-state index is -4.32. The Morgan fingerprint density at radius 2 is 0.731 bits per heavy atom. The second-order valence-electron chi connectivity index (χ2n) is 25.9. The van der Waals surface area contributed by atoms with Gasteiger partial charge in [0.05, 0.1) is 45.1 Å². The smallest absolute Gasteiger partial charge is 0.398 e. The van der Waals surface area contributed by atoms with Crippen LogP contribution in [0.25, 0.3) is 6.08 Å². The number of hydrogen-bond acceptors (Lipinski definition) is 12. The Bertz CT molecular complexity index is 3230. The van der Waals surface area contributed by atoms with E-state index in [0.717, 1.165) is 86.1 Å². The first-order chi connectivity index (χ1) is 47.1. The van der Waals surface area contributed by atoms with Crippen molar-refractivity contribution < 1.29 is 70.0 Å². The average Bonchev–Trinajstić information content (AvgIpc) is 0.788. The van der Waals surface area contributed by atoms with Crippen LogP contribution in [-0.4, -0.2) is 86.5 Å². The molecular weight excluding hydrogens is 1320 g/mol. The number of benzene rings is 6. The van der Waals surface area contributed by atoms with Crippen molar-refractivity contribution in [2.45, 2.75) is 247 Å². The second-order valence-corrected chi connectivity index (χ2v) is 25.9. The molecule has 0 spiro atoms. The minimum Gasteiger partial charge on any atom is -0.490 e. The Kier molecular flexibility index (Phi) is 48.8. The Hall–Kier alpha value is -7.03. The predicted octanol–water partition coefficient (Wildman–Crippen LogP) is 24.0. The quantitative estimate of drug-likeness (QED) is 0.0271. The summed E-state index contributed by atoms with van der Waals surface area (Å²) in [7, 11) is 3.30. The summed E-state index contributed by atoms with van der Waals surface area (Å²) >= 11 is 0. The van der Waals surface area contributed by atoms with Crippen molar-refractivity contribution in [1.82, 2.24) is 0 Å². The Morgan fingerprint density at radius 1 is 0.423 bits per heavy atom. The minimum absolute atomic E-state index is 0. The summed E-state index contributed by atoms with van der Waals surface area (Å²) in [4.78, 5) is 0. The maximum Gasteiger partial charge on any atom is 0.398 e. The van der Waals surface area contributed by atoms with E-state index in [0.29, 0.717) is 104 Å². The molecule has 0 bridgehead atoms. The molecule has 15 heteroatoms. The zero-order valence-electron chi connectivity index (χ0n) is 61.3. The fourth-order valence-electron chi connectivity index (χ4n) is 11.4. The number of alkyl halides is 3. The van der Waals surface area contributed by atoms with Crippen molar-refractivity contribution in [3.05, 3.63) is 183 Å². The lowest BCUT2D eigenvalue weighted by atomic mass is 9.79. The molecule has 1 saturated carbocycles. The molecule has 104 heavy (non-hydrogen) atoms. The Morgan fingerprint density at radius 3 is 1.01 bits per heavy atom. The van der Waals surface area contributed by atoms with Gasteiger partial charge in [-0.05, 0) is 184 Å². The van der Waals surface area contributed by atoms with Crippen LogP contribution in [0.15, 0.2) is 116 Å². The maximum absolute atomic E-state index is 13.6. The average molecular weight is 1460 g/mol. The summed E-state index contributed by atoms with van der Waals surface area (Å²) in [5, 5.41) is 0. The van der Waals surface area contributed by atoms with Gasteiger partial charge >= 0.3 is 6.18 Å². The van der Waals surface area contributed by atoms with Crippen molar-refractivity contribution in [3.8, 4) is 46.8 Å². The van der Waals surface area contributed by atoms with E-state index >= 15 is 0 Å². The number of rotatable bonds is 39. The van der Waals surface area contributed by atoms with E-state index in [-0.39, 0.29) is 80.6 Å². The third-order valence-corrected chi connectivity index (χ3v) is 18.4. The van der Waals surface area contributed by atoms with Crippen LogP contribution in [0, 0.1) is 12.3 Å². The molecule has 7 rings (SSSR count). The van der Waals surface area contributed by atoms with E-state index in [2.05, 4.69) is 103 Å². The molecule has 0 amide bonds. The number of methoxy groups -OCH3 is 2. The molecular formula is C89H137F3O12. The molecule has 0 N–H and O–H groups in total. The monoisotopic (exact) mass is 1460 g/mol. The Balaban J connectivity index is 0. The van der Waals surface area contributed by atoms with Crippen molar-refractivity contribution in [3.63, 3.8) is 0 Å². The zero-order chi connectivity index (χ0) is 71.6. The highest BCUT2D eigenvalue weighted by Crippen LogP contribution is 2.44. The number of terminal acetylenes is 1. The van der Waals surface area contributed by atoms with Crippen molar-refractivity contribution in [2.24, 2.45) is 0 Å². The van der Waals surface area contributed by atoms with Crippen LogP contribution >= 0.6 is 0 Å². The van der Waals surface area contributed by atoms with Gasteiger partial charge in [0.1, 0.15) is 74.1 Å².